The number of nitrogens with one attached hydrogen (secondary N) is 1. The molecule has 0 atom stereocenters. The average molecular weight is 426 g/mol. The van der Waals surface area contributed by atoms with Crippen LogP contribution >= 0.6 is 11.3 Å². The van der Waals surface area contributed by atoms with E-state index in [1.807, 2.05) is 41.8 Å². The van der Waals surface area contributed by atoms with E-state index >= 15 is 0 Å². The van der Waals surface area contributed by atoms with Crippen LogP contribution < -0.4 is 10.1 Å². The third-order valence-corrected chi connectivity index (χ3v) is 5.45. The van der Waals surface area contributed by atoms with Gasteiger partial charge in [0.25, 0.3) is 5.69 Å². The van der Waals surface area contributed by atoms with Crippen LogP contribution in [-0.4, -0.2) is 29.4 Å². The van der Waals surface area contributed by atoms with E-state index in [0.717, 1.165) is 16.2 Å². The minimum atomic E-state index is -0.436. The van der Waals surface area contributed by atoms with E-state index in [1.54, 1.807) is 41.5 Å². The summed E-state index contributed by atoms with van der Waals surface area (Å²) in [5.74, 6) is 0.694. The standard InChI is InChI=1S/C22H23N3O4S/c1-29-21-11-5-2-7-17(21)15-24(16-18-8-6-14-30-18)22(26)12-13-23-19-9-3-4-10-20(19)25(27)28/h2-11,14,23H,12-13,15-16H2,1H3. The second kappa shape index (κ2) is 10.4. The van der Waals surface area contributed by atoms with E-state index < -0.39 is 4.92 Å². The Morgan fingerprint density at radius 2 is 1.87 bits per heavy atom. The number of hydrogen-bond donors (Lipinski definition) is 1. The summed E-state index contributed by atoms with van der Waals surface area (Å²) in [5, 5.41) is 16.1. The number of carbonyl (C=O) groups excluding carboxylic acids is 1. The van der Waals surface area contributed by atoms with Crippen LogP contribution in [0.2, 0.25) is 0 Å². The lowest BCUT2D eigenvalue weighted by molar-refractivity contribution is -0.384. The Kier molecular flexibility index (Phi) is 7.40. The second-order valence-electron chi connectivity index (χ2n) is 6.59. The molecule has 30 heavy (non-hydrogen) atoms. The first-order chi connectivity index (χ1) is 14.6. The van der Waals surface area contributed by atoms with Crippen LogP contribution in [0.15, 0.2) is 66.0 Å². The van der Waals surface area contributed by atoms with Gasteiger partial charge < -0.3 is 15.0 Å². The third-order valence-electron chi connectivity index (χ3n) is 4.59. The van der Waals surface area contributed by atoms with Gasteiger partial charge in [0.05, 0.1) is 18.6 Å². The molecule has 3 aromatic rings. The molecule has 0 aliphatic heterocycles. The number of carbonyl (C=O) groups is 1. The van der Waals surface area contributed by atoms with Crippen molar-refractivity contribution in [3.63, 3.8) is 0 Å². The van der Waals surface area contributed by atoms with Gasteiger partial charge in [0, 0.05) is 36.0 Å². The first-order valence-electron chi connectivity index (χ1n) is 9.48. The van der Waals surface area contributed by atoms with Crippen molar-refractivity contribution in [1.82, 2.24) is 4.90 Å². The summed E-state index contributed by atoms with van der Waals surface area (Å²) < 4.78 is 5.42. The lowest BCUT2D eigenvalue weighted by Crippen LogP contribution is -2.31. The number of nitro benzene ring substituents is 1. The summed E-state index contributed by atoms with van der Waals surface area (Å²) in [7, 11) is 1.61. The highest BCUT2D eigenvalue weighted by Gasteiger charge is 2.18. The zero-order valence-corrected chi connectivity index (χ0v) is 17.4. The van der Waals surface area contributed by atoms with Crippen LogP contribution in [0.4, 0.5) is 11.4 Å². The van der Waals surface area contributed by atoms with Gasteiger partial charge in [0.1, 0.15) is 11.4 Å². The molecule has 2 aromatic carbocycles. The maximum absolute atomic E-state index is 13.0. The number of rotatable bonds is 10. The van der Waals surface area contributed by atoms with Gasteiger partial charge in [-0.2, -0.15) is 0 Å². The summed E-state index contributed by atoms with van der Waals surface area (Å²) in [4.78, 5) is 26.6. The van der Waals surface area contributed by atoms with Crippen molar-refractivity contribution in [1.29, 1.82) is 0 Å². The Labute approximate surface area is 179 Å². The second-order valence-corrected chi connectivity index (χ2v) is 7.62. The largest absolute Gasteiger partial charge is 0.496 e. The van der Waals surface area contributed by atoms with Gasteiger partial charge in [0.2, 0.25) is 5.91 Å². The Hall–Kier alpha value is -3.39. The summed E-state index contributed by atoms with van der Waals surface area (Å²) in [6.45, 7) is 1.23. The molecule has 1 amide bonds. The third kappa shape index (κ3) is 5.57. The molecule has 0 fully saturated rings. The van der Waals surface area contributed by atoms with Crippen molar-refractivity contribution in [2.45, 2.75) is 19.5 Å². The van der Waals surface area contributed by atoms with Gasteiger partial charge >= 0.3 is 0 Å². The van der Waals surface area contributed by atoms with Crippen LogP contribution in [-0.2, 0) is 17.9 Å². The Balaban J connectivity index is 1.68. The predicted molar refractivity (Wildman–Crippen MR) is 118 cm³/mol. The molecule has 1 N–H and O–H groups in total. The zero-order valence-electron chi connectivity index (χ0n) is 16.6. The predicted octanol–water partition coefficient (Wildman–Crippen LogP) is 4.70. The number of nitro groups is 1. The van der Waals surface area contributed by atoms with Gasteiger partial charge in [-0.05, 0) is 23.6 Å². The number of methoxy groups -OCH3 is 1. The number of benzene rings is 2. The fraction of sp³-hybridized carbons (Fsp3) is 0.227. The van der Waals surface area contributed by atoms with Gasteiger partial charge in [-0.15, -0.1) is 11.3 Å². The van der Waals surface area contributed by atoms with E-state index in [4.69, 9.17) is 4.74 Å². The lowest BCUT2D eigenvalue weighted by Gasteiger charge is -2.23. The van der Waals surface area contributed by atoms with Gasteiger partial charge in [-0.3, -0.25) is 14.9 Å². The van der Waals surface area contributed by atoms with Crippen LogP contribution in [0.3, 0.4) is 0 Å². The van der Waals surface area contributed by atoms with E-state index in [9.17, 15) is 14.9 Å². The highest BCUT2D eigenvalue weighted by Crippen LogP contribution is 2.24. The molecule has 7 nitrogen and oxygen atoms in total. The molecular weight excluding hydrogens is 402 g/mol. The van der Waals surface area contributed by atoms with Crippen molar-refractivity contribution < 1.29 is 14.5 Å². The Bertz CT molecular complexity index is 992. The highest BCUT2D eigenvalue weighted by atomic mass is 32.1. The fourth-order valence-corrected chi connectivity index (χ4v) is 3.83. The molecule has 8 heteroatoms. The zero-order chi connectivity index (χ0) is 21.3. The molecule has 156 valence electrons. The normalized spacial score (nSPS) is 10.4. The van der Waals surface area contributed by atoms with E-state index in [-0.39, 0.29) is 18.0 Å². The maximum Gasteiger partial charge on any atom is 0.292 e. The van der Waals surface area contributed by atoms with Gasteiger partial charge in [0.15, 0.2) is 0 Å². The number of nitrogens with zero attached hydrogens (tertiary/aromatic N) is 2. The minimum absolute atomic E-state index is 0.00517. The number of hydrogen-bond acceptors (Lipinski definition) is 6. The highest BCUT2D eigenvalue weighted by molar-refractivity contribution is 7.09. The van der Waals surface area contributed by atoms with Crippen LogP contribution in [0.5, 0.6) is 5.75 Å². The summed E-state index contributed by atoms with van der Waals surface area (Å²) in [6, 6.07) is 18.0. The fourth-order valence-electron chi connectivity index (χ4n) is 3.11. The molecule has 0 saturated carbocycles. The molecule has 0 spiro atoms. The summed E-state index contributed by atoms with van der Waals surface area (Å²) in [6.07, 6.45) is 0.215. The molecule has 1 aromatic heterocycles. The Morgan fingerprint density at radius 3 is 2.60 bits per heavy atom. The average Bonchev–Trinajstić information content (AvgIpc) is 3.27. The van der Waals surface area contributed by atoms with Gasteiger partial charge in [-0.1, -0.05) is 36.4 Å². The first kappa shape index (κ1) is 21.3. The molecule has 3 rings (SSSR count). The van der Waals surface area contributed by atoms with Crippen molar-refractivity contribution in [3.8, 4) is 5.75 Å². The molecule has 1 heterocycles. The number of anilines is 1. The van der Waals surface area contributed by atoms with Crippen LogP contribution in [0.1, 0.15) is 16.9 Å². The van der Waals surface area contributed by atoms with Gasteiger partial charge in [-0.25, -0.2) is 0 Å². The SMILES string of the molecule is COc1ccccc1CN(Cc1cccs1)C(=O)CCNc1ccccc1[N+](=O)[O-]. The van der Waals surface area contributed by atoms with Crippen molar-refractivity contribution in [2.24, 2.45) is 0 Å². The Morgan fingerprint density at radius 1 is 1.10 bits per heavy atom. The lowest BCUT2D eigenvalue weighted by atomic mass is 10.1. The van der Waals surface area contributed by atoms with Crippen LogP contribution in [0.25, 0.3) is 0 Å². The van der Waals surface area contributed by atoms with E-state index in [1.165, 1.54) is 6.07 Å². The monoisotopic (exact) mass is 425 g/mol. The van der Waals surface area contributed by atoms with Crippen molar-refractivity contribution in [2.75, 3.05) is 19.0 Å². The van der Waals surface area contributed by atoms with E-state index in [2.05, 4.69) is 5.32 Å². The minimum Gasteiger partial charge on any atom is -0.496 e. The first-order valence-corrected chi connectivity index (χ1v) is 10.4. The number of para-hydroxylation sites is 3. The molecular formula is C22H23N3O4S. The molecule has 0 aliphatic rings. The van der Waals surface area contributed by atoms with E-state index in [0.29, 0.717) is 25.3 Å². The molecule has 0 bridgehead atoms. The molecule has 0 saturated heterocycles. The summed E-state index contributed by atoms with van der Waals surface area (Å²) >= 11 is 1.60. The van der Waals surface area contributed by atoms with Crippen molar-refractivity contribution in [3.05, 3.63) is 86.6 Å². The number of amides is 1. The quantitative estimate of drug-likeness (QED) is 0.376. The smallest absolute Gasteiger partial charge is 0.292 e. The maximum atomic E-state index is 13.0. The topological polar surface area (TPSA) is 84.7 Å². The molecule has 0 aliphatic carbocycles. The van der Waals surface area contributed by atoms with Crippen LogP contribution in [0, 0.1) is 10.1 Å². The molecule has 0 unspecified atom stereocenters. The summed E-state index contributed by atoms with van der Waals surface area (Å²) in [5.41, 5.74) is 1.33. The number of ether oxygens (including phenoxy) is 1. The van der Waals surface area contributed by atoms with Crippen molar-refractivity contribution >= 4 is 28.6 Å². The number of thiophene rings is 1. The molecule has 0 radical (unpaired) electrons.